The van der Waals surface area contributed by atoms with Gasteiger partial charge < -0.3 is 20.4 Å². The number of azo groups is 1. The van der Waals surface area contributed by atoms with Crippen LogP contribution >= 0.6 is 0 Å². The Morgan fingerprint density at radius 3 is 1.30 bits per heavy atom. The molecule has 0 fully saturated rings. The van der Waals surface area contributed by atoms with Crippen LogP contribution in [0.5, 0.6) is 0 Å². The van der Waals surface area contributed by atoms with Crippen LogP contribution in [-0.2, 0) is 9.59 Å². The van der Waals surface area contributed by atoms with Crippen LogP contribution in [0.3, 0.4) is 0 Å². The largest absolute Gasteiger partial charge is 0.479 e. The second-order valence-corrected chi connectivity index (χ2v) is 4.53. The first-order valence-corrected chi connectivity index (χ1v) is 6.46. The van der Waals surface area contributed by atoms with E-state index in [2.05, 4.69) is 10.2 Å². The number of hydrogen-bond acceptors (Lipinski definition) is 6. The zero-order valence-corrected chi connectivity index (χ0v) is 11.7. The van der Waals surface area contributed by atoms with E-state index in [1.807, 2.05) is 0 Å². The van der Waals surface area contributed by atoms with Crippen LogP contribution in [0, 0.1) is 0 Å². The molecule has 0 rings (SSSR count). The van der Waals surface area contributed by atoms with Crippen molar-refractivity contribution in [3.05, 3.63) is 0 Å². The molecule has 0 aliphatic heterocycles. The Hall–Kier alpha value is -1.54. The molecule has 2 unspecified atom stereocenters. The molecule has 0 saturated heterocycles. The van der Waals surface area contributed by atoms with E-state index in [4.69, 9.17) is 10.2 Å². The molecule has 0 aliphatic rings. The van der Waals surface area contributed by atoms with Crippen LogP contribution in [0.4, 0.5) is 0 Å². The highest BCUT2D eigenvalue weighted by Gasteiger charge is 2.41. The van der Waals surface area contributed by atoms with E-state index in [0.29, 0.717) is 0 Å². The minimum Gasteiger partial charge on any atom is -0.479 e. The molecule has 4 N–H and O–H groups in total. The molecule has 0 amide bonds. The van der Waals surface area contributed by atoms with Crippen molar-refractivity contribution in [3.8, 4) is 0 Å². The van der Waals surface area contributed by atoms with Gasteiger partial charge in [0.1, 0.15) is 0 Å². The molecule has 0 aromatic carbocycles. The molecule has 8 heteroatoms. The normalized spacial score (nSPS) is 17.6. The van der Waals surface area contributed by atoms with E-state index in [1.165, 1.54) is 0 Å². The number of carboxylic acid groups (broad SMARTS) is 2. The Labute approximate surface area is 117 Å². The van der Waals surface area contributed by atoms with Crippen molar-refractivity contribution in [1.82, 2.24) is 0 Å². The van der Waals surface area contributed by atoms with Crippen molar-refractivity contribution in [2.75, 3.05) is 13.2 Å². The average Bonchev–Trinajstić information content (AvgIpc) is 2.41. The fourth-order valence-corrected chi connectivity index (χ4v) is 1.76. The number of carbonyl (C=O) groups is 2. The highest BCUT2D eigenvalue weighted by molar-refractivity contribution is 5.80. The first kappa shape index (κ1) is 18.5. The van der Waals surface area contributed by atoms with Crippen molar-refractivity contribution in [3.63, 3.8) is 0 Å². The molecule has 116 valence electrons. The van der Waals surface area contributed by atoms with Gasteiger partial charge in [0.05, 0.1) is 0 Å². The zero-order valence-electron chi connectivity index (χ0n) is 11.7. The fourth-order valence-electron chi connectivity index (χ4n) is 1.76. The molecular formula is C12H22N2O6. The van der Waals surface area contributed by atoms with Gasteiger partial charge >= 0.3 is 11.9 Å². The third-order valence-corrected chi connectivity index (χ3v) is 3.45. The van der Waals surface area contributed by atoms with Crippen LogP contribution in [0.2, 0.25) is 0 Å². The van der Waals surface area contributed by atoms with E-state index < -0.39 is 36.2 Å². The number of rotatable bonds is 10. The number of hydrogen-bond donors (Lipinski definition) is 4. The smallest absolute Gasteiger partial charge is 0.333 e. The monoisotopic (exact) mass is 290 g/mol. The highest BCUT2D eigenvalue weighted by Crippen LogP contribution is 2.27. The minimum absolute atomic E-state index is 0.0743. The van der Waals surface area contributed by atoms with Gasteiger partial charge in [0.2, 0.25) is 0 Å². The predicted molar refractivity (Wildman–Crippen MR) is 69.6 cm³/mol. The molecule has 0 aliphatic carbocycles. The molecule has 0 spiro atoms. The van der Waals surface area contributed by atoms with Crippen molar-refractivity contribution in [1.29, 1.82) is 0 Å². The van der Waals surface area contributed by atoms with E-state index in [0.717, 1.165) is 0 Å². The Morgan fingerprint density at radius 2 is 1.15 bits per heavy atom. The molecule has 8 nitrogen and oxygen atoms in total. The number of aliphatic hydroxyl groups is 2. The summed E-state index contributed by atoms with van der Waals surface area (Å²) in [5.74, 6) is -2.53. The summed E-state index contributed by atoms with van der Waals surface area (Å²) in [6.07, 6.45) is -0.155. The predicted octanol–water partition coefficient (Wildman–Crippen LogP) is 0.670. The van der Waals surface area contributed by atoms with E-state index in [-0.39, 0.29) is 25.7 Å². The van der Waals surface area contributed by atoms with Crippen molar-refractivity contribution in [2.45, 2.75) is 50.6 Å². The molecule has 0 heterocycles. The fraction of sp³-hybridized carbons (Fsp3) is 0.833. The van der Waals surface area contributed by atoms with Gasteiger partial charge in [0.15, 0.2) is 11.1 Å². The van der Waals surface area contributed by atoms with E-state index in [1.54, 1.807) is 13.8 Å². The molecule has 2 atom stereocenters. The van der Waals surface area contributed by atoms with Gasteiger partial charge in [-0.15, -0.1) is 0 Å². The van der Waals surface area contributed by atoms with Crippen LogP contribution in [0.1, 0.15) is 39.5 Å². The number of nitrogens with zero attached hydrogens (tertiary/aromatic N) is 2. The summed E-state index contributed by atoms with van der Waals surface area (Å²) in [5, 5.41) is 43.8. The topological polar surface area (TPSA) is 140 Å². The zero-order chi connectivity index (χ0) is 15.8. The van der Waals surface area contributed by atoms with Crippen molar-refractivity contribution in [2.24, 2.45) is 10.2 Å². The number of aliphatic carboxylic acids is 2. The second kappa shape index (κ2) is 7.91. The Kier molecular flexibility index (Phi) is 7.30. The second-order valence-electron chi connectivity index (χ2n) is 4.53. The molecule has 0 aromatic heterocycles. The SMILES string of the molecule is CCC(CCO)(N=NC(CC)(CCO)C(=O)O)C(=O)O. The summed E-state index contributed by atoms with van der Waals surface area (Å²) in [4.78, 5) is 22.6. The lowest BCUT2D eigenvalue weighted by Gasteiger charge is -2.26. The van der Waals surface area contributed by atoms with Gasteiger partial charge in [-0.25, -0.2) is 9.59 Å². The third-order valence-electron chi connectivity index (χ3n) is 3.45. The van der Waals surface area contributed by atoms with E-state index in [9.17, 15) is 19.8 Å². The number of carboxylic acids is 2. The van der Waals surface area contributed by atoms with E-state index >= 15 is 0 Å². The summed E-state index contributed by atoms with van der Waals surface area (Å²) in [6, 6.07) is 0. The summed E-state index contributed by atoms with van der Waals surface area (Å²) in [6.45, 7) is 2.35. The van der Waals surface area contributed by atoms with Crippen LogP contribution < -0.4 is 0 Å². The molecule has 0 radical (unpaired) electrons. The first-order valence-electron chi connectivity index (χ1n) is 6.46. The van der Waals surface area contributed by atoms with Gasteiger partial charge in [-0.2, -0.15) is 10.2 Å². The average molecular weight is 290 g/mol. The van der Waals surface area contributed by atoms with Crippen LogP contribution in [-0.4, -0.2) is 56.7 Å². The Morgan fingerprint density at radius 1 is 0.850 bits per heavy atom. The lowest BCUT2D eigenvalue weighted by molar-refractivity contribution is -0.147. The standard InChI is InChI=1S/C12H22N2O6/c1-3-11(5-7-15,9(17)18)13-14-12(4-2,6-8-16)10(19)20/h15-16H,3-8H2,1-2H3,(H,17,18)(H,19,20). The van der Waals surface area contributed by atoms with Crippen molar-refractivity contribution >= 4 is 11.9 Å². The Balaban J connectivity index is 5.55. The molecule has 0 aromatic rings. The Bertz CT molecular complexity index is 339. The minimum atomic E-state index is -1.64. The summed E-state index contributed by atoms with van der Waals surface area (Å²) >= 11 is 0. The molecular weight excluding hydrogens is 268 g/mol. The van der Waals surface area contributed by atoms with Gasteiger partial charge in [-0.3, -0.25) is 0 Å². The summed E-state index contributed by atoms with van der Waals surface area (Å²) < 4.78 is 0. The maximum absolute atomic E-state index is 11.3. The quantitative estimate of drug-likeness (QED) is 0.436. The molecule has 0 bridgehead atoms. The van der Waals surface area contributed by atoms with Crippen molar-refractivity contribution < 1.29 is 30.0 Å². The lowest BCUT2D eigenvalue weighted by atomic mass is 9.92. The van der Waals surface area contributed by atoms with Crippen LogP contribution in [0.25, 0.3) is 0 Å². The van der Waals surface area contributed by atoms with Gasteiger partial charge in [0.25, 0.3) is 0 Å². The maximum Gasteiger partial charge on any atom is 0.333 e. The third kappa shape index (κ3) is 3.97. The lowest BCUT2D eigenvalue weighted by Crippen LogP contribution is -2.40. The van der Waals surface area contributed by atoms with Gasteiger partial charge in [0, 0.05) is 26.1 Å². The molecule has 0 saturated carbocycles. The molecule has 20 heavy (non-hydrogen) atoms. The highest BCUT2D eigenvalue weighted by atomic mass is 16.4. The summed E-state index contributed by atoms with van der Waals surface area (Å²) in [7, 11) is 0. The van der Waals surface area contributed by atoms with Gasteiger partial charge in [-0.05, 0) is 12.8 Å². The van der Waals surface area contributed by atoms with Crippen LogP contribution in [0.15, 0.2) is 10.2 Å². The summed E-state index contributed by atoms with van der Waals surface area (Å²) in [5.41, 5.74) is -3.28. The number of aliphatic hydroxyl groups excluding tert-OH is 2. The maximum atomic E-state index is 11.3. The first-order chi connectivity index (χ1) is 9.34. The van der Waals surface area contributed by atoms with Gasteiger partial charge in [-0.1, -0.05) is 13.8 Å².